The van der Waals surface area contributed by atoms with E-state index in [0.717, 1.165) is 40.7 Å². The predicted octanol–water partition coefficient (Wildman–Crippen LogP) is 6.95. The molecule has 4 nitrogen and oxygen atoms in total. The lowest BCUT2D eigenvalue weighted by molar-refractivity contribution is 0.0990. The van der Waals surface area contributed by atoms with Crippen LogP contribution in [0, 0.1) is 0 Å². The van der Waals surface area contributed by atoms with Crippen LogP contribution in [0.1, 0.15) is 45.7 Å². The van der Waals surface area contributed by atoms with Crippen molar-refractivity contribution in [2.75, 3.05) is 18.0 Å². The maximum absolute atomic E-state index is 13.6. The van der Waals surface area contributed by atoms with E-state index in [1.807, 2.05) is 78.9 Å². The molecule has 0 spiro atoms. The van der Waals surface area contributed by atoms with Gasteiger partial charge in [-0.3, -0.25) is 9.59 Å². The Labute approximate surface area is 210 Å². The molecule has 1 aliphatic carbocycles. The standard InChI is InChI=1S/C32H25NO3/c1-3-33(4-2)23-15-13-20(14-16-23)29-19-25(24-11-7-8-12-28(24)36-29)30-31(34)26-17-21-9-5-6-10-22(21)18-27(26)32(30)35/h5-19H,3-4H2,1-2H3. The Morgan fingerprint density at radius 1 is 0.694 bits per heavy atom. The zero-order valence-electron chi connectivity index (χ0n) is 20.2. The molecule has 2 aliphatic rings. The topological polar surface area (TPSA) is 46.6 Å². The molecule has 0 saturated heterocycles. The number of nitrogens with zero attached hydrogens (tertiary/aromatic N) is 1. The lowest BCUT2D eigenvalue weighted by Gasteiger charge is -2.23. The van der Waals surface area contributed by atoms with E-state index >= 15 is 0 Å². The van der Waals surface area contributed by atoms with E-state index in [1.165, 1.54) is 0 Å². The lowest BCUT2D eigenvalue weighted by atomic mass is 9.92. The van der Waals surface area contributed by atoms with Crippen LogP contribution < -0.4 is 9.64 Å². The average Bonchev–Trinajstić information content (AvgIpc) is 3.16. The van der Waals surface area contributed by atoms with Gasteiger partial charge in [-0.05, 0) is 73.2 Å². The molecule has 0 amide bonds. The highest BCUT2D eigenvalue weighted by molar-refractivity contribution is 6.43. The largest absolute Gasteiger partial charge is 0.456 e. The van der Waals surface area contributed by atoms with Crippen LogP contribution >= 0.6 is 0 Å². The molecular formula is C32H25NO3. The van der Waals surface area contributed by atoms with Crippen molar-refractivity contribution in [2.24, 2.45) is 0 Å². The Bertz CT molecular complexity index is 1550. The zero-order valence-corrected chi connectivity index (χ0v) is 20.2. The second-order valence-corrected chi connectivity index (χ2v) is 9.02. The molecular weight excluding hydrogens is 446 g/mol. The summed E-state index contributed by atoms with van der Waals surface area (Å²) in [5.74, 6) is 0.774. The first-order valence-corrected chi connectivity index (χ1v) is 12.3. The quantitative estimate of drug-likeness (QED) is 0.239. The highest BCUT2D eigenvalue weighted by Gasteiger charge is 2.37. The second-order valence-electron chi connectivity index (χ2n) is 9.02. The van der Waals surface area contributed by atoms with Gasteiger partial charge in [0.1, 0.15) is 11.5 Å². The fourth-order valence-electron chi connectivity index (χ4n) is 5.14. The van der Waals surface area contributed by atoms with Crippen molar-refractivity contribution >= 4 is 39.4 Å². The summed E-state index contributed by atoms with van der Waals surface area (Å²) < 4.78 is 6.26. The number of anilines is 1. The summed E-state index contributed by atoms with van der Waals surface area (Å²) in [6.07, 6.45) is 1.84. The van der Waals surface area contributed by atoms with Crippen molar-refractivity contribution in [1.29, 1.82) is 0 Å². The molecule has 176 valence electrons. The number of para-hydroxylation sites is 1. The van der Waals surface area contributed by atoms with Crippen LogP contribution in [0.25, 0.3) is 22.1 Å². The molecule has 0 saturated carbocycles. The number of ether oxygens (including phenoxy) is 1. The summed E-state index contributed by atoms with van der Waals surface area (Å²) in [5, 5.41) is 1.89. The van der Waals surface area contributed by atoms with Crippen LogP contribution in [0.2, 0.25) is 0 Å². The van der Waals surface area contributed by atoms with Crippen LogP contribution in [0.3, 0.4) is 0 Å². The van der Waals surface area contributed by atoms with Crippen LogP contribution in [-0.4, -0.2) is 24.7 Å². The van der Waals surface area contributed by atoms with Gasteiger partial charge in [-0.15, -0.1) is 0 Å². The fourth-order valence-corrected chi connectivity index (χ4v) is 5.14. The summed E-state index contributed by atoms with van der Waals surface area (Å²) in [6, 6.07) is 27.2. The molecule has 0 bridgehead atoms. The van der Waals surface area contributed by atoms with E-state index in [9.17, 15) is 9.59 Å². The molecule has 1 aliphatic heterocycles. The highest BCUT2D eigenvalue weighted by atomic mass is 16.5. The van der Waals surface area contributed by atoms with Gasteiger partial charge in [0.15, 0.2) is 11.6 Å². The van der Waals surface area contributed by atoms with Gasteiger partial charge in [-0.25, -0.2) is 0 Å². The minimum absolute atomic E-state index is 0.202. The molecule has 4 aromatic rings. The molecule has 0 unspecified atom stereocenters. The molecule has 4 aromatic carbocycles. The smallest absolute Gasteiger partial charge is 0.198 e. The van der Waals surface area contributed by atoms with Gasteiger partial charge < -0.3 is 9.64 Å². The summed E-state index contributed by atoms with van der Waals surface area (Å²) in [6.45, 7) is 6.13. The van der Waals surface area contributed by atoms with Crippen molar-refractivity contribution in [3.8, 4) is 5.75 Å². The molecule has 0 N–H and O–H groups in total. The molecule has 1 heterocycles. The summed E-state index contributed by atoms with van der Waals surface area (Å²) in [5.41, 5.74) is 4.51. The average molecular weight is 472 g/mol. The number of hydrogen-bond acceptors (Lipinski definition) is 4. The number of allylic oxidation sites excluding steroid dienone is 3. The number of rotatable bonds is 4. The van der Waals surface area contributed by atoms with Crippen LogP contribution in [0.5, 0.6) is 5.75 Å². The van der Waals surface area contributed by atoms with Gasteiger partial charge in [0.2, 0.25) is 0 Å². The fraction of sp³-hybridized carbons (Fsp3) is 0.125. The van der Waals surface area contributed by atoms with Crippen LogP contribution in [0.4, 0.5) is 5.69 Å². The molecule has 0 fully saturated rings. The number of hydrogen-bond donors (Lipinski definition) is 0. The Morgan fingerprint density at radius 2 is 1.28 bits per heavy atom. The number of carbonyl (C=O) groups is 2. The number of carbonyl (C=O) groups excluding carboxylic acids is 2. The Hall–Kier alpha value is -4.44. The number of Topliss-reactive ketones (excluding diaryl/α,β-unsaturated/α-hetero) is 2. The van der Waals surface area contributed by atoms with Gasteiger partial charge in [0, 0.05) is 46.6 Å². The predicted molar refractivity (Wildman–Crippen MR) is 145 cm³/mol. The first-order chi connectivity index (χ1) is 17.6. The lowest BCUT2D eigenvalue weighted by Crippen LogP contribution is -2.21. The van der Waals surface area contributed by atoms with Crippen molar-refractivity contribution in [3.63, 3.8) is 0 Å². The maximum atomic E-state index is 13.6. The van der Waals surface area contributed by atoms with Crippen molar-refractivity contribution in [2.45, 2.75) is 13.8 Å². The minimum atomic E-state index is -0.236. The normalized spacial score (nSPS) is 14.4. The Balaban J connectivity index is 1.50. The zero-order chi connectivity index (χ0) is 24.8. The van der Waals surface area contributed by atoms with E-state index in [0.29, 0.717) is 28.2 Å². The third-order valence-corrected chi connectivity index (χ3v) is 7.05. The first-order valence-electron chi connectivity index (χ1n) is 12.3. The summed E-state index contributed by atoms with van der Waals surface area (Å²) in [4.78, 5) is 29.5. The number of ketones is 2. The Morgan fingerprint density at radius 3 is 1.89 bits per heavy atom. The molecule has 6 rings (SSSR count). The van der Waals surface area contributed by atoms with Crippen molar-refractivity contribution < 1.29 is 14.3 Å². The number of fused-ring (bicyclic) bond motifs is 3. The molecule has 0 radical (unpaired) electrons. The van der Waals surface area contributed by atoms with Crippen molar-refractivity contribution in [1.82, 2.24) is 0 Å². The van der Waals surface area contributed by atoms with E-state index in [-0.39, 0.29) is 17.1 Å². The highest BCUT2D eigenvalue weighted by Crippen LogP contribution is 2.42. The summed E-state index contributed by atoms with van der Waals surface area (Å²) >= 11 is 0. The molecule has 0 atom stereocenters. The van der Waals surface area contributed by atoms with Crippen molar-refractivity contribution in [3.05, 3.63) is 119 Å². The molecule has 4 heteroatoms. The van der Waals surface area contributed by atoms with Crippen LogP contribution in [0.15, 0.2) is 96.6 Å². The SMILES string of the molecule is CCN(CC)c1ccc(C2=CC(=C3C(=O)c4cc5ccccc5cc4C3=O)c3ccccc3O2)cc1. The van der Waals surface area contributed by atoms with Gasteiger partial charge in [-0.1, -0.05) is 42.5 Å². The number of benzene rings is 4. The van der Waals surface area contributed by atoms with E-state index in [2.05, 4.69) is 30.9 Å². The van der Waals surface area contributed by atoms with E-state index < -0.39 is 0 Å². The summed E-state index contributed by atoms with van der Waals surface area (Å²) in [7, 11) is 0. The third-order valence-electron chi connectivity index (χ3n) is 7.05. The Kier molecular flexibility index (Phi) is 5.30. The molecule has 0 aromatic heterocycles. The third kappa shape index (κ3) is 3.45. The first kappa shape index (κ1) is 22.1. The maximum Gasteiger partial charge on any atom is 0.198 e. The van der Waals surface area contributed by atoms with Gasteiger partial charge in [-0.2, -0.15) is 0 Å². The second kappa shape index (κ2) is 8.65. The van der Waals surface area contributed by atoms with E-state index in [4.69, 9.17) is 4.74 Å². The van der Waals surface area contributed by atoms with Gasteiger partial charge in [0.05, 0.1) is 5.57 Å². The van der Waals surface area contributed by atoms with E-state index in [1.54, 1.807) is 0 Å². The van der Waals surface area contributed by atoms with Gasteiger partial charge in [0.25, 0.3) is 0 Å². The molecule has 36 heavy (non-hydrogen) atoms. The van der Waals surface area contributed by atoms with Gasteiger partial charge >= 0.3 is 0 Å². The van der Waals surface area contributed by atoms with Crippen LogP contribution in [-0.2, 0) is 0 Å². The monoisotopic (exact) mass is 471 g/mol. The minimum Gasteiger partial charge on any atom is -0.456 e.